The smallest absolute Gasteiger partial charge is 0.230 e. The van der Waals surface area contributed by atoms with Crippen LogP contribution in [0.5, 0.6) is 11.5 Å². The van der Waals surface area contributed by atoms with Crippen LogP contribution in [0.3, 0.4) is 0 Å². The molecule has 0 fully saturated rings. The molecule has 2 aromatic carbocycles. The third kappa shape index (κ3) is 4.91. The van der Waals surface area contributed by atoms with Crippen molar-refractivity contribution in [3.05, 3.63) is 53.1 Å². The molecule has 1 heterocycles. The number of hydrogen-bond acceptors (Lipinski definition) is 7. The van der Waals surface area contributed by atoms with E-state index >= 15 is 0 Å². The molecule has 158 valence electrons. The summed E-state index contributed by atoms with van der Waals surface area (Å²) >= 11 is 1.25. The summed E-state index contributed by atoms with van der Waals surface area (Å²) in [4.78, 5) is 12.5. The van der Waals surface area contributed by atoms with Crippen LogP contribution in [0.1, 0.15) is 29.7 Å². The molecule has 0 aliphatic rings. The van der Waals surface area contributed by atoms with E-state index in [-0.39, 0.29) is 17.7 Å². The SMILES string of the molecule is COc1ccc(OC)c(-n2nnnc2SCC(=O)NC(C)c2ccc(C)c(C)c2)c1. The zero-order chi connectivity index (χ0) is 21.7. The Kier molecular flexibility index (Phi) is 6.94. The normalized spacial score (nSPS) is 11.8. The Morgan fingerprint density at radius 1 is 1.13 bits per heavy atom. The van der Waals surface area contributed by atoms with Crippen LogP contribution in [0.25, 0.3) is 5.69 Å². The van der Waals surface area contributed by atoms with E-state index in [0.717, 1.165) is 5.56 Å². The number of amides is 1. The minimum atomic E-state index is -0.0992. The first-order chi connectivity index (χ1) is 14.4. The molecule has 30 heavy (non-hydrogen) atoms. The summed E-state index contributed by atoms with van der Waals surface area (Å²) in [7, 11) is 3.16. The van der Waals surface area contributed by atoms with Crippen LogP contribution in [0.15, 0.2) is 41.6 Å². The van der Waals surface area contributed by atoms with Crippen molar-refractivity contribution in [2.24, 2.45) is 0 Å². The van der Waals surface area contributed by atoms with E-state index in [1.165, 1.54) is 27.6 Å². The van der Waals surface area contributed by atoms with E-state index in [1.54, 1.807) is 32.4 Å². The molecule has 0 aliphatic carbocycles. The highest BCUT2D eigenvalue weighted by Gasteiger charge is 2.17. The number of aryl methyl sites for hydroxylation is 2. The third-order valence-corrected chi connectivity index (χ3v) is 5.72. The van der Waals surface area contributed by atoms with Crippen molar-refractivity contribution < 1.29 is 14.3 Å². The van der Waals surface area contributed by atoms with E-state index in [1.807, 2.05) is 13.0 Å². The molecular weight excluding hydrogens is 402 g/mol. The molecule has 1 aromatic heterocycles. The van der Waals surface area contributed by atoms with E-state index < -0.39 is 0 Å². The predicted octanol–water partition coefficient (Wildman–Crippen LogP) is 3.27. The summed E-state index contributed by atoms with van der Waals surface area (Å²) in [5, 5.41) is 15.3. The highest BCUT2D eigenvalue weighted by Crippen LogP contribution is 2.29. The standard InChI is InChI=1S/C21H25N5O3S/c1-13-6-7-16(10-14(13)2)15(3)22-20(27)12-30-21-23-24-25-26(21)18-11-17(28-4)8-9-19(18)29-5/h6-11,15H,12H2,1-5H3,(H,22,27). The van der Waals surface area contributed by atoms with Crippen molar-refractivity contribution in [2.75, 3.05) is 20.0 Å². The van der Waals surface area contributed by atoms with Gasteiger partial charge in [-0.25, -0.2) is 0 Å². The van der Waals surface area contributed by atoms with Gasteiger partial charge in [-0.2, -0.15) is 4.68 Å². The van der Waals surface area contributed by atoms with Crippen LogP contribution in [-0.2, 0) is 4.79 Å². The van der Waals surface area contributed by atoms with Crippen LogP contribution in [-0.4, -0.2) is 46.1 Å². The van der Waals surface area contributed by atoms with Gasteiger partial charge < -0.3 is 14.8 Å². The van der Waals surface area contributed by atoms with Gasteiger partial charge in [-0.3, -0.25) is 4.79 Å². The van der Waals surface area contributed by atoms with Crippen molar-refractivity contribution in [3.8, 4) is 17.2 Å². The number of benzene rings is 2. The van der Waals surface area contributed by atoms with Gasteiger partial charge in [0.2, 0.25) is 11.1 Å². The van der Waals surface area contributed by atoms with Gasteiger partial charge in [0.1, 0.15) is 17.2 Å². The number of carbonyl (C=O) groups is 1. The van der Waals surface area contributed by atoms with Gasteiger partial charge in [-0.1, -0.05) is 30.0 Å². The third-order valence-electron chi connectivity index (χ3n) is 4.80. The lowest BCUT2D eigenvalue weighted by Gasteiger charge is -2.15. The van der Waals surface area contributed by atoms with Crippen molar-refractivity contribution >= 4 is 17.7 Å². The topological polar surface area (TPSA) is 91.2 Å². The van der Waals surface area contributed by atoms with E-state index in [2.05, 4.69) is 46.8 Å². The molecule has 1 N–H and O–H groups in total. The first kappa shape index (κ1) is 21.6. The molecule has 1 atom stereocenters. The lowest BCUT2D eigenvalue weighted by atomic mass is 10.0. The first-order valence-corrected chi connectivity index (χ1v) is 10.4. The van der Waals surface area contributed by atoms with Crippen LogP contribution in [0.4, 0.5) is 0 Å². The van der Waals surface area contributed by atoms with Gasteiger partial charge in [-0.15, -0.1) is 5.10 Å². The zero-order valence-electron chi connectivity index (χ0n) is 17.7. The van der Waals surface area contributed by atoms with Gasteiger partial charge in [-0.05, 0) is 60.0 Å². The molecule has 0 saturated heterocycles. The highest BCUT2D eigenvalue weighted by atomic mass is 32.2. The molecule has 1 amide bonds. The van der Waals surface area contributed by atoms with Gasteiger partial charge in [0, 0.05) is 6.07 Å². The number of ether oxygens (including phenoxy) is 2. The molecule has 3 rings (SSSR count). The Hall–Kier alpha value is -3.07. The second-order valence-corrected chi connectivity index (χ2v) is 7.78. The second kappa shape index (κ2) is 9.62. The highest BCUT2D eigenvalue weighted by molar-refractivity contribution is 7.99. The summed E-state index contributed by atoms with van der Waals surface area (Å²) in [6.45, 7) is 6.11. The molecule has 0 saturated carbocycles. The molecule has 1 unspecified atom stereocenters. The maximum Gasteiger partial charge on any atom is 0.230 e. The molecule has 9 heteroatoms. The van der Waals surface area contributed by atoms with E-state index in [0.29, 0.717) is 22.3 Å². The molecule has 3 aromatic rings. The van der Waals surface area contributed by atoms with Crippen molar-refractivity contribution in [2.45, 2.75) is 32.0 Å². The number of carbonyl (C=O) groups excluding carboxylic acids is 1. The Morgan fingerprint density at radius 3 is 2.63 bits per heavy atom. The summed E-state index contributed by atoms with van der Waals surface area (Å²) in [6, 6.07) is 11.5. The van der Waals surface area contributed by atoms with Crippen LogP contribution >= 0.6 is 11.8 Å². The Morgan fingerprint density at radius 2 is 1.93 bits per heavy atom. The monoisotopic (exact) mass is 427 g/mol. The quantitative estimate of drug-likeness (QED) is 0.552. The minimum absolute atomic E-state index is 0.0909. The summed E-state index contributed by atoms with van der Waals surface area (Å²) in [5.41, 5.74) is 4.14. The van der Waals surface area contributed by atoms with Crippen molar-refractivity contribution in [1.29, 1.82) is 0 Å². The summed E-state index contributed by atoms with van der Waals surface area (Å²) in [5.74, 6) is 1.33. The van der Waals surface area contributed by atoms with Crippen LogP contribution in [0.2, 0.25) is 0 Å². The Bertz CT molecular complexity index is 1040. The van der Waals surface area contributed by atoms with Crippen molar-refractivity contribution in [1.82, 2.24) is 25.5 Å². The fourth-order valence-corrected chi connectivity index (χ4v) is 3.61. The number of hydrogen-bond donors (Lipinski definition) is 1. The number of nitrogens with one attached hydrogen (secondary N) is 1. The molecular formula is C21H25N5O3S. The number of aromatic nitrogens is 4. The van der Waals surface area contributed by atoms with Crippen LogP contribution < -0.4 is 14.8 Å². The number of rotatable bonds is 8. The van der Waals surface area contributed by atoms with E-state index in [9.17, 15) is 4.79 Å². The Labute approximate surface area is 180 Å². The number of methoxy groups -OCH3 is 2. The van der Waals surface area contributed by atoms with Gasteiger partial charge >= 0.3 is 0 Å². The second-order valence-electron chi connectivity index (χ2n) is 6.83. The maximum atomic E-state index is 12.5. The number of nitrogens with zero attached hydrogens (tertiary/aromatic N) is 4. The molecule has 0 bridgehead atoms. The minimum Gasteiger partial charge on any atom is -0.497 e. The molecule has 0 spiro atoms. The number of tetrazole rings is 1. The molecule has 0 aliphatic heterocycles. The number of thioether (sulfide) groups is 1. The largest absolute Gasteiger partial charge is 0.497 e. The first-order valence-electron chi connectivity index (χ1n) is 9.43. The summed E-state index contributed by atoms with van der Waals surface area (Å²) < 4.78 is 12.2. The molecule has 8 nitrogen and oxygen atoms in total. The van der Waals surface area contributed by atoms with Crippen LogP contribution in [0, 0.1) is 13.8 Å². The van der Waals surface area contributed by atoms with Crippen molar-refractivity contribution in [3.63, 3.8) is 0 Å². The molecule has 0 radical (unpaired) electrons. The van der Waals surface area contributed by atoms with Gasteiger partial charge in [0.05, 0.1) is 26.0 Å². The fourth-order valence-electron chi connectivity index (χ4n) is 2.91. The predicted molar refractivity (Wildman–Crippen MR) is 115 cm³/mol. The lowest BCUT2D eigenvalue weighted by molar-refractivity contribution is -0.119. The fraction of sp³-hybridized carbons (Fsp3) is 0.333. The van der Waals surface area contributed by atoms with E-state index in [4.69, 9.17) is 9.47 Å². The zero-order valence-corrected chi connectivity index (χ0v) is 18.5. The summed E-state index contributed by atoms with van der Waals surface area (Å²) in [6.07, 6.45) is 0. The average Bonchev–Trinajstić information content (AvgIpc) is 3.22. The maximum absolute atomic E-state index is 12.5. The lowest BCUT2D eigenvalue weighted by Crippen LogP contribution is -2.28. The van der Waals surface area contributed by atoms with Gasteiger partial charge in [0.15, 0.2) is 0 Å². The average molecular weight is 428 g/mol. The Balaban J connectivity index is 1.68. The van der Waals surface area contributed by atoms with Gasteiger partial charge in [0.25, 0.3) is 0 Å².